The van der Waals surface area contributed by atoms with Crippen LogP contribution in [0.25, 0.3) is 43.8 Å². The van der Waals surface area contributed by atoms with Gasteiger partial charge in [0.1, 0.15) is 0 Å². The molecule has 0 aliphatic carbocycles. The van der Waals surface area contributed by atoms with Gasteiger partial charge in [-0.2, -0.15) is 0 Å². The van der Waals surface area contributed by atoms with E-state index in [2.05, 4.69) is 264 Å². The van der Waals surface area contributed by atoms with Crippen molar-refractivity contribution >= 4 is 125 Å². The topological polar surface area (TPSA) is 13.0 Å². The van der Waals surface area contributed by atoms with Crippen LogP contribution in [-0.4, -0.2) is 27.5 Å². The molecule has 4 nitrogen and oxygen atoms in total. The van der Waals surface area contributed by atoms with E-state index in [0.717, 1.165) is 11.4 Å². The normalized spacial score (nSPS) is 13.7. The van der Waals surface area contributed by atoms with Crippen molar-refractivity contribution in [2.24, 2.45) is 0 Å². The maximum atomic E-state index is 2.51. The third-order valence-electron chi connectivity index (χ3n) is 15.7. The Kier molecular flexibility index (Phi) is 8.35. The van der Waals surface area contributed by atoms with Crippen molar-refractivity contribution in [2.45, 2.75) is 0 Å². The van der Waals surface area contributed by atoms with Gasteiger partial charge in [0.25, 0.3) is 13.4 Å². The Bertz CT molecular complexity index is 3950. The summed E-state index contributed by atoms with van der Waals surface area (Å²) < 4.78 is 0. The lowest BCUT2D eigenvalue weighted by Gasteiger charge is -2.44. The Morgan fingerprint density at radius 2 is 0.843 bits per heavy atom. The summed E-state index contributed by atoms with van der Waals surface area (Å²) in [4.78, 5) is 9.91. The summed E-state index contributed by atoms with van der Waals surface area (Å²) >= 11 is 0. The highest BCUT2D eigenvalue weighted by molar-refractivity contribution is 7.01. The third kappa shape index (κ3) is 5.50. The van der Waals surface area contributed by atoms with Crippen LogP contribution in [0.2, 0.25) is 0 Å². The Morgan fingerprint density at radius 3 is 1.57 bits per heavy atom. The second-order valence-electron chi connectivity index (χ2n) is 19.3. The molecule has 0 N–H and O–H groups in total. The minimum Gasteiger partial charge on any atom is -0.345 e. The van der Waals surface area contributed by atoms with Crippen molar-refractivity contribution in [1.82, 2.24) is 0 Å². The second kappa shape index (κ2) is 14.9. The number of hydrogen-bond donors (Lipinski definition) is 0. The van der Waals surface area contributed by atoms with E-state index in [1.54, 1.807) is 0 Å². The SMILES string of the molecule is CN1c2ccccc2B2c3ccc4ccccc4c3N(C)c3c2c1cc1cc(-c2ccc4c(c2)B2c5ccccc5N(c5ccccc5)c5cc(-c6ccccc6)cc(c52)N4c2ccccc2)ccc31. The van der Waals surface area contributed by atoms with Crippen molar-refractivity contribution in [3.8, 4) is 22.3 Å². The molecule has 0 radical (unpaired) electrons. The first kappa shape index (κ1) is 39.3. The maximum Gasteiger partial charge on any atom is 0.252 e. The average molecular weight is 891 g/mol. The zero-order valence-corrected chi connectivity index (χ0v) is 38.9. The van der Waals surface area contributed by atoms with Crippen molar-refractivity contribution < 1.29 is 0 Å². The van der Waals surface area contributed by atoms with Crippen LogP contribution in [0.4, 0.5) is 56.9 Å². The molecular weight excluding hydrogens is 846 g/mol. The first-order chi connectivity index (χ1) is 34.6. The summed E-state index contributed by atoms with van der Waals surface area (Å²) in [6.07, 6.45) is 0. The van der Waals surface area contributed by atoms with Gasteiger partial charge in [-0.15, -0.1) is 0 Å². The Labute approximate surface area is 409 Å². The molecular formula is C64H44B2N4. The van der Waals surface area contributed by atoms with Gasteiger partial charge in [-0.1, -0.05) is 164 Å². The van der Waals surface area contributed by atoms with Gasteiger partial charge < -0.3 is 19.6 Å². The molecule has 0 fully saturated rings. The highest BCUT2D eigenvalue weighted by Crippen LogP contribution is 2.48. The predicted octanol–water partition coefficient (Wildman–Crippen LogP) is 12.1. The molecule has 6 heteroatoms. The van der Waals surface area contributed by atoms with E-state index in [-0.39, 0.29) is 13.4 Å². The van der Waals surface area contributed by atoms with Gasteiger partial charge in [-0.05, 0) is 133 Å². The van der Waals surface area contributed by atoms with Crippen molar-refractivity contribution in [3.63, 3.8) is 0 Å². The van der Waals surface area contributed by atoms with Crippen molar-refractivity contribution in [3.05, 3.63) is 231 Å². The second-order valence-corrected chi connectivity index (χ2v) is 19.3. The van der Waals surface area contributed by atoms with E-state index in [1.807, 2.05) is 0 Å². The van der Waals surface area contributed by atoms with Crippen LogP contribution in [0.3, 0.4) is 0 Å². The quantitative estimate of drug-likeness (QED) is 0.163. The lowest BCUT2D eigenvalue weighted by atomic mass is 9.33. The number of hydrogen-bond acceptors (Lipinski definition) is 4. The fraction of sp³-hybridized carbons (Fsp3) is 0.0312. The molecule has 4 aliphatic heterocycles. The van der Waals surface area contributed by atoms with Gasteiger partial charge in [0.05, 0.1) is 0 Å². The van der Waals surface area contributed by atoms with E-state index in [0.29, 0.717) is 0 Å². The van der Waals surface area contributed by atoms with E-state index < -0.39 is 0 Å². The molecule has 0 unspecified atom stereocenters. The van der Waals surface area contributed by atoms with Crippen molar-refractivity contribution in [1.29, 1.82) is 0 Å². The van der Waals surface area contributed by atoms with Gasteiger partial charge in [0, 0.05) is 81.7 Å². The predicted molar refractivity (Wildman–Crippen MR) is 300 cm³/mol. The van der Waals surface area contributed by atoms with Crippen LogP contribution in [0.15, 0.2) is 231 Å². The van der Waals surface area contributed by atoms with Crippen LogP contribution in [0.1, 0.15) is 0 Å². The third-order valence-corrected chi connectivity index (χ3v) is 15.7. The molecule has 0 bridgehead atoms. The van der Waals surface area contributed by atoms with Gasteiger partial charge in [0.15, 0.2) is 0 Å². The van der Waals surface area contributed by atoms with E-state index in [9.17, 15) is 0 Å². The lowest BCUT2D eigenvalue weighted by Crippen LogP contribution is -2.61. The molecule has 0 aromatic heterocycles. The number of benzene rings is 11. The minimum atomic E-state index is -0.00738. The summed E-state index contributed by atoms with van der Waals surface area (Å²) in [5, 5.41) is 5.05. The lowest BCUT2D eigenvalue weighted by molar-refractivity contribution is 1.20. The molecule has 15 rings (SSSR count). The molecule has 326 valence electrons. The van der Waals surface area contributed by atoms with Crippen LogP contribution in [-0.2, 0) is 0 Å². The monoisotopic (exact) mass is 890 g/mol. The molecule has 4 heterocycles. The van der Waals surface area contributed by atoms with Gasteiger partial charge in [-0.3, -0.25) is 0 Å². The Balaban J connectivity index is 0.957. The first-order valence-electron chi connectivity index (χ1n) is 24.4. The Hall–Kier alpha value is -8.73. The van der Waals surface area contributed by atoms with Gasteiger partial charge in [-0.25, -0.2) is 0 Å². The van der Waals surface area contributed by atoms with E-state index >= 15 is 0 Å². The van der Waals surface area contributed by atoms with E-state index in [4.69, 9.17) is 0 Å². The largest absolute Gasteiger partial charge is 0.345 e. The fourth-order valence-corrected chi connectivity index (χ4v) is 12.8. The number of anilines is 10. The molecule has 0 atom stereocenters. The molecule has 0 saturated heterocycles. The molecule has 11 aromatic rings. The van der Waals surface area contributed by atoms with Crippen LogP contribution >= 0.6 is 0 Å². The molecule has 0 saturated carbocycles. The smallest absolute Gasteiger partial charge is 0.252 e. The van der Waals surface area contributed by atoms with Crippen LogP contribution < -0.4 is 52.4 Å². The standard InChI is InChI=1S/C64H44B2N4/c1-67-55-28-16-14-26-51(55)65-53-34-31-42-20-12-13-25-49(42)63(53)68(2)64-50-33-30-43(36-46(50)40-58(67)62(64)65)44-32-35-57-54(37-44)66-52-27-15-17-29-56(52)69(47-21-8-4-9-22-47)59-38-45(41-18-6-3-7-19-41)39-60(61(59)66)70(57)48-23-10-5-11-24-48/h3-40H,1-2H3. The van der Waals surface area contributed by atoms with Crippen LogP contribution in [0.5, 0.6) is 0 Å². The van der Waals surface area contributed by atoms with Crippen molar-refractivity contribution in [2.75, 3.05) is 33.7 Å². The molecule has 4 aliphatic rings. The molecule has 70 heavy (non-hydrogen) atoms. The zero-order valence-electron chi connectivity index (χ0n) is 38.9. The minimum absolute atomic E-state index is 0.00738. The Morgan fingerprint density at radius 1 is 0.286 bits per heavy atom. The van der Waals surface area contributed by atoms with Gasteiger partial charge in [0.2, 0.25) is 0 Å². The molecule has 0 amide bonds. The van der Waals surface area contributed by atoms with Crippen LogP contribution in [0, 0.1) is 0 Å². The molecule has 0 spiro atoms. The highest BCUT2D eigenvalue weighted by Gasteiger charge is 2.45. The zero-order chi connectivity index (χ0) is 46.2. The number of fused-ring (bicyclic) bond motifs is 12. The average Bonchev–Trinajstić information content (AvgIpc) is 3.43. The van der Waals surface area contributed by atoms with Gasteiger partial charge >= 0.3 is 0 Å². The summed E-state index contributed by atoms with van der Waals surface area (Å²) in [6.45, 7) is 0.116. The summed E-state index contributed by atoms with van der Waals surface area (Å²) in [5.74, 6) is 0. The fourth-order valence-electron chi connectivity index (χ4n) is 12.8. The van der Waals surface area contributed by atoms with E-state index in [1.165, 1.54) is 122 Å². The highest BCUT2D eigenvalue weighted by atomic mass is 15.2. The maximum absolute atomic E-state index is 2.51. The number of para-hydroxylation sites is 4. The molecule has 11 aromatic carbocycles. The summed E-state index contributed by atoms with van der Waals surface area (Å²) in [6, 6.07) is 86.0. The number of rotatable bonds is 4. The number of nitrogens with zero attached hydrogens (tertiary/aromatic N) is 4. The summed E-state index contributed by atoms with van der Waals surface area (Å²) in [7, 11) is 4.52. The first-order valence-corrected chi connectivity index (χ1v) is 24.4. The summed E-state index contributed by atoms with van der Waals surface area (Å²) in [5.41, 5.74) is 25.0.